The van der Waals surface area contributed by atoms with E-state index >= 15 is 0 Å². The minimum Gasteiger partial charge on any atom is -0.480 e. The zero-order chi connectivity index (χ0) is 12.9. The van der Waals surface area contributed by atoms with Crippen LogP contribution >= 0.6 is 11.8 Å². The van der Waals surface area contributed by atoms with Gasteiger partial charge in [-0.25, -0.2) is 0 Å². The molecule has 3 nitrogen and oxygen atoms in total. The van der Waals surface area contributed by atoms with Gasteiger partial charge in [0, 0.05) is 5.75 Å². The third kappa shape index (κ3) is 2.79. The molecule has 0 radical (unpaired) electrons. The first kappa shape index (κ1) is 13.2. The molecule has 2 fully saturated rings. The van der Waals surface area contributed by atoms with Gasteiger partial charge in [0.05, 0.1) is 4.87 Å². The molecule has 1 atom stereocenters. The van der Waals surface area contributed by atoms with Gasteiger partial charge in [0.15, 0.2) is 0 Å². The lowest BCUT2D eigenvalue weighted by atomic mass is 9.63. The molecular weight excluding hydrogens is 234 g/mol. The van der Waals surface area contributed by atoms with E-state index in [0.29, 0.717) is 5.75 Å². The van der Waals surface area contributed by atoms with Gasteiger partial charge in [0.25, 0.3) is 0 Å². The van der Waals surface area contributed by atoms with Gasteiger partial charge in [0.2, 0.25) is 0 Å². The molecule has 0 unspecified atom stereocenters. The SMILES string of the molecule is CC1(C)CC(C)(C)CC2(C1)N[C@H](C(=O)O)CS2. The standard InChI is InChI=1S/C13H23NO2S/c1-11(2)6-12(3,4)8-13(7-11)14-9(5-17-13)10(15)16/h9,14H,5-8H2,1-4H3,(H,15,16)/t9-/m0/s1. The number of carboxylic acids is 1. The molecule has 1 saturated carbocycles. The fourth-order valence-corrected chi connectivity index (χ4v) is 5.93. The second-order valence-electron chi connectivity index (χ2n) is 7.20. The Morgan fingerprint density at radius 2 is 1.71 bits per heavy atom. The van der Waals surface area contributed by atoms with E-state index in [1.54, 1.807) is 0 Å². The zero-order valence-corrected chi connectivity index (χ0v) is 12.0. The average molecular weight is 257 g/mol. The largest absolute Gasteiger partial charge is 0.480 e. The van der Waals surface area contributed by atoms with Crippen LogP contribution in [0.15, 0.2) is 0 Å². The summed E-state index contributed by atoms with van der Waals surface area (Å²) in [5, 5.41) is 12.5. The van der Waals surface area contributed by atoms with Crippen LogP contribution in [-0.2, 0) is 4.79 Å². The number of rotatable bonds is 1. The molecule has 1 saturated heterocycles. The first-order chi connectivity index (χ1) is 7.63. The highest BCUT2D eigenvalue weighted by molar-refractivity contribution is 8.01. The van der Waals surface area contributed by atoms with Crippen molar-refractivity contribution >= 4 is 17.7 Å². The van der Waals surface area contributed by atoms with E-state index in [1.807, 2.05) is 11.8 Å². The maximum Gasteiger partial charge on any atom is 0.321 e. The van der Waals surface area contributed by atoms with Crippen molar-refractivity contribution in [2.75, 3.05) is 5.75 Å². The highest BCUT2D eigenvalue weighted by Gasteiger charge is 2.52. The van der Waals surface area contributed by atoms with Crippen LogP contribution in [0.3, 0.4) is 0 Å². The van der Waals surface area contributed by atoms with Gasteiger partial charge in [-0.3, -0.25) is 10.1 Å². The number of carbonyl (C=O) groups is 1. The van der Waals surface area contributed by atoms with Crippen LogP contribution in [0, 0.1) is 10.8 Å². The quantitative estimate of drug-likeness (QED) is 0.758. The van der Waals surface area contributed by atoms with Crippen molar-refractivity contribution in [2.45, 2.75) is 57.9 Å². The number of aliphatic carboxylic acids is 1. The Balaban J connectivity index is 2.18. The summed E-state index contributed by atoms with van der Waals surface area (Å²) in [6.07, 6.45) is 3.34. The molecule has 1 heterocycles. The van der Waals surface area contributed by atoms with E-state index in [4.69, 9.17) is 5.11 Å². The van der Waals surface area contributed by atoms with Gasteiger partial charge in [0.1, 0.15) is 6.04 Å². The van der Waals surface area contributed by atoms with Gasteiger partial charge in [-0.05, 0) is 30.1 Å². The number of thioether (sulfide) groups is 1. The summed E-state index contributed by atoms with van der Waals surface area (Å²) in [4.78, 5) is 11.1. The van der Waals surface area contributed by atoms with Crippen LogP contribution < -0.4 is 5.32 Å². The summed E-state index contributed by atoms with van der Waals surface area (Å²) < 4.78 is 0. The van der Waals surface area contributed by atoms with Crippen molar-refractivity contribution in [3.05, 3.63) is 0 Å². The van der Waals surface area contributed by atoms with Crippen molar-refractivity contribution in [1.82, 2.24) is 5.32 Å². The molecule has 17 heavy (non-hydrogen) atoms. The molecule has 0 aromatic rings. The van der Waals surface area contributed by atoms with Crippen LogP contribution in [0.5, 0.6) is 0 Å². The smallest absolute Gasteiger partial charge is 0.321 e. The van der Waals surface area contributed by atoms with Crippen LogP contribution in [0.25, 0.3) is 0 Å². The van der Waals surface area contributed by atoms with E-state index < -0.39 is 5.97 Å². The third-order valence-corrected chi connectivity index (χ3v) is 5.21. The van der Waals surface area contributed by atoms with Gasteiger partial charge in [-0.15, -0.1) is 11.8 Å². The normalized spacial score (nSPS) is 33.8. The third-order valence-electron chi connectivity index (χ3n) is 3.75. The van der Waals surface area contributed by atoms with E-state index in [1.165, 1.54) is 6.42 Å². The molecule has 2 N–H and O–H groups in total. The summed E-state index contributed by atoms with van der Waals surface area (Å²) in [6.45, 7) is 9.19. The van der Waals surface area contributed by atoms with E-state index in [-0.39, 0.29) is 21.7 Å². The molecule has 0 bridgehead atoms. The highest BCUT2D eigenvalue weighted by atomic mass is 32.2. The number of nitrogens with one attached hydrogen (secondary N) is 1. The molecule has 0 amide bonds. The summed E-state index contributed by atoms with van der Waals surface area (Å²) in [6, 6.07) is -0.371. The molecule has 0 aromatic heterocycles. The van der Waals surface area contributed by atoms with Gasteiger partial charge in [-0.2, -0.15) is 0 Å². The lowest BCUT2D eigenvalue weighted by molar-refractivity contribution is -0.139. The zero-order valence-electron chi connectivity index (χ0n) is 11.2. The predicted octanol–water partition coefficient (Wildman–Crippen LogP) is 2.71. The van der Waals surface area contributed by atoms with Gasteiger partial charge >= 0.3 is 5.97 Å². The summed E-state index contributed by atoms with van der Waals surface area (Å²) in [5.41, 5.74) is 0.574. The molecule has 2 aliphatic rings. The van der Waals surface area contributed by atoms with Crippen LogP contribution in [0.2, 0.25) is 0 Å². The Morgan fingerprint density at radius 1 is 1.18 bits per heavy atom. The number of carboxylic acid groups (broad SMARTS) is 1. The Kier molecular flexibility index (Phi) is 3.02. The summed E-state index contributed by atoms with van der Waals surface area (Å²) >= 11 is 1.81. The second kappa shape index (κ2) is 3.89. The summed E-state index contributed by atoms with van der Waals surface area (Å²) in [7, 11) is 0. The highest BCUT2D eigenvalue weighted by Crippen LogP contribution is 2.55. The van der Waals surface area contributed by atoms with Crippen molar-refractivity contribution in [2.24, 2.45) is 10.8 Å². The molecule has 1 spiro atoms. The first-order valence-electron chi connectivity index (χ1n) is 6.28. The maximum absolute atomic E-state index is 11.1. The lowest BCUT2D eigenvalue weighted by Crippen LogP contribution is -2.53. The summed E-state index contributed by atoms with van der Waals surface area (Å²) in [5.74, 6) is -0.0165. The van der Waals surface area contributed by atoms with Crippen molar-refractivity contribution in [3.63, 3.8) is 0 Å². The first-order valence-corrected chi connectivity index (χ1v) is 7.26. The maximum atomic E-state index is 11.1. The molecule has 2 rings (SSSR count). The fraction of sp³-hybridized carbons (Fsp3) is 0.923. The van der Waals surface area contributed by atoms with Gasteiger partial charge < -0.3 is 5.11 Å². The fourth-order valence-electron chi connectivity index (χ4n) is 4.01. The van der Waals surface area contributed by atoms with E-state index in [9.17, 15) is 4.79 Å². The Bertz CT molecular complexity index is 322. The van der Waals surface area contributed by atoms with Crippen LogP contribution in [0.4, 0.5) is 0 Å². The Labute approximate surface area is 108 Å². The van der Waals surface area contributed by atoms with Crippen LogP contribution in [-0.4, -0.2) is 27.7 Å². The van der Waals surface area contributed by atoms with E-state index in [2.05, 4.69) is 33.0 Å². The average Bonchev–Trinajstić information content (AvgIpc) is 2.41. The van der Waals surface area contributed by atoms with Crippen molar-refractivity contribution in [1.29, 1.82) is 0 Å². The Morgan fingerprint density at radius 3 is 2.12 bits per heavy atom. The number of hydrogen-bond donors (Lipinski definition) is 2. The Hall–Kier alpha value is -0.220. The predicted molar refractivity (Wildman–Crippen MR) is 71.2 cm³/mol. The molecule has 4 heteroatoms. The van der Waals surface area contributed by atoms with Crippen LogP contribution in [0.1, 0.15) is 47.0 Å². The monoisotopic (exact) mass is 257 g/mol. The van der Waals surface area contributed by atoms with Gasteiger partial charge in [-0.1, -0.05) is 27.7 Å². The topological polar surface area (TPSA) is 49.3 Å². The van der Waals surface area contributed by atoms with Crippen molar-refractivity contribution in [3.8, 4) is 0 Å². The molecule has 1 aliphatic heterocycles. The molecule has 1 aliphatic carbocycles. The lowest BCUT2D eigenvalue weighted by Gasteiger charge is -2.50. The molecule has 0 aromatic carbocycles. The minimum atomic E-state index is -0.712. The molecular formula is C13H23NO2S. The second-order valence-corrected chi connectivity index (χ2v) is 8.60. The molecule has 98 valence electrons. The number of hydrogen-bond acceptors (Lipinski definition) is 3. The van der Waals surface area contributed by atoms with E-state index in [0.717, 1.165) is 12.8 Å². The minimum absolute atomic E-state index is 0.0195. The van der Waals surface area contributed by atoms with Crippen molar-refractivity contribution < 1.29 is 9.90 Å².